The smallest absolute Gasteiger partial charge is 0.150 e. The van der Waals surface area contributed by atoms with Gasteiger partial charge in [-0.25, -0.2) is 8.42 Å². The van der Waals surface area contributed by atoms with E-state index < -0.39 is 9.84 Å². The minimum Gasteiger partial charge on any atom is -0.396 e. The predicted octanol–water partition coefficient (Wildman–Crippen LogP) is 0.537. The van der Waals surface area contributed by atoms with Crippen LogP contribution in [0, 0.1) is 0 Å². The quantitative estimate of drug-likeness (QED) is 0.626. The van der Waals surface area contributed by atoms with Gasteiger partial charge in [0.05, 0.1) is 12.4 Å². The first-order valence-electron chi connectivity index (χ1n) is 4.01. The number of aliphatic hydroxyl groups excluding tert-OH is 1. The summed E-state index contributed by atoms with van der Waals surface area (Å²) in [5.74, 6) is 2.03. The summed E-state index contributed by atoms with van der Waals surface area (Å²) in [6, 6.07) is 0. The van der Waals surface area contributed by atoms with Crippen LogP contribution >= 0.6 is 11.8 Å². The van der Waals surface area contributed by atoms with Gasteiger partial charge in [0.25, 0.3) is 0 Å². The average molecular weight is 212 g/mol. The van der Waals surface area contributed by atoms with Crippen LogP contribution < -0.4 is 0 Å². The molecular weight excluding hydrogens is 196 g/mol. The van der Waals surface area contributed by atoms with E-state index in [4.69, 9.17) is 5.11 Å². The van der Waals surface area contributed by atoms with Gasteiger partial charge in [-0.05, 0) is 12.2 Å². The van der Waals surface area contributed by atoms with Crippen LogP contribution in [-0.4, -0.2) is 43.1 Å². The van der Waals surface area contributed by atoms with Crippen LogP contribution in [0.3, 0.4) is 0 Å². The molecule has 5 heteroatoms. The van der Waals surface area contributed by atoms with Crippen LogP contribution in [0.5, 0.6) is 0 Å². The first-order chi connectivity index (χ1) is 5.62. The van der Waals surface area contributed by atoms with E-state index in [0.29, 0.717) is 12.2 Å². The molecule has 3 nitrogen and oxygen atoms in total. The van der Waals surface area contributed by atoms with Crippen LogP contribution in [0.2, 0.25) is 0 Å². The van der Waals surface area contributed by atoms with Crippen molar-refractivity contribution >= 4 is 21.6 Å². The number of hydrogen-bond donors (Lipinski definition) is 1. The fourth-order valence-corrected chi connectivity index (χ4v) is 2.43. The molecule has 0 atom stereocenters. The molecule has 0 rings (SSSR count). The van der Waals surface area contributed by atoms with Crippen molar-refractivity contribution in [2.45, 2.75) is 13.3 Å². The Hall–Kier alpha value is 0.260. The van der Waals surface area contributed by atoms with Crippen molar-refractivity contribution in [2.24, 2.45) is 0 Å². The lowest BCUT2D eigenvalue weighted by Crippen LogP contribution is -2.09. The number of hydrogen-bond acceptors (Lipinski definition) is 4. The van der Waals surface area contributed by atoms with E-state index in [2.05, 4.69) is 0 Å². The highest BCUT2D eigenvalue weighted by atomic mass is 32.2. The summed E-state index contributed by atoms with van der Waals surface area (Å²) in [5, 5.41) is 8.43. The molecule has 0 radical (unpaired) electrons. The Morgan fingerprint density at radius 3 is 2.50 bits per heavy atom. The predicted molar refractivity (Wildman–Crippen MR) is 53.4 cm³/mol. The molecule has 0 spiro atoms. The summed E-state index contributed by atoms with van der Waals surface area (Å²) in [4.78, 5) is 0. The van der Waals surface area contributed by atoms with Gasteiger partial charge in [0, 0.05) is 11.5 Å². The third-order valence-electron chi connectivity index (χ3n) is 1.42. The fourth-order valence-electron chi connectivity index (χ4n) is 0.692. The lowest BCUT2D eigenvalue weighted by Gasteiger charge is -2.00. The van der Waals surface area contributed by atoms with Crippen molar-refractivity contribution in [1.82, 2.24) is 0 Å². The van der Waals surface area contributed by atoms with Crippen molar-refractivity contribution < 1.29 is 13.5 Å². The van der Waals surface area contributed by atoms with Crippen molar-refractivity contribution in [3.05, 3.63) is 0 Å². The van der Waals surface area contributed by atoms with Crippen molar-refractivity contribution in [3.8, 4) is 0 Å². The second kappa shape index (κ2) is 6.74. The SMILES string of the molecule is CCS(=O)(=O)CCCSCCO. The van der Waals surface area contributed by atoms with Gasteiger partial charge in [0.1, 0.15) is 9.84 Å². The minimum absolute atomic E-state index is 0.172. The monoisotopic (exact) mass is 212 g/mol. The Morgan fingerprint density at radius 2 is 2.00 bits per heavy atom. The summed E-state index contributed by atoms with van der Waals surface area (Å²) in [6.45, 7) is 1.83. The maximum Gasteiger partial charge on any atom is 0.150 e. The van der Waals surface area contributed by atoms with Crippen molar-refractivity contribution in [3.63, 3.8) is 0 Å². The molecule has 74 valence electrons. The van der Waals surface area contributed by atoms with Gasteiger partial charge in [-0.1, -0.05) is 6.92 Å². The fraction of sp³-hybridized carbons (Fsp3) is 1.00. The Labute approximate surface area is 78.5 Å². The van der Waals surface area contributed by atoms with E-state index in [1.54, 1.807) is 18.7 Å². The summed E-state index contributed by atoms with van der Waals surface area (Å²) in [6.07, 6.45) is 0.695. The summed E-state index contributed by atoms with van der Waals surface area (Å²) < 4.78 is 21.9. The normalized spacial score (nSPS) is 11.8. The third-order valence-corrected chi connectivity index (χ3v) is 4.26. The maximum absolute atomic E-state index is 11.0. The molecule has 0 amide bonds. The Morgan fingerprint density at radius 1 is 1.33 bits per heavy atom. The molecule has 0 bridgehead atoms. The van der Waals surface area contributed by atoms with E-state index in [9.17, 15) is 8.42 Å². The van der Waals surface area contributed by atoms with Crippen LogP contribution in [0.1, 0.15) is 13.3 Å². The Kier molecular flexibility index (Phi) is 6.89. The largest absolute Gasteiger partial charge is 0.396 e. The summed E-state index contributed by atoms with van der Waals surface area (Å²) in [7, 11) is -2.78. The van der Waals surface area contributed by atoms with Crippen molar-refractivity contribution in [1.29, 1.82) is 0 Å². The van der Waals surface area contributed by atoms with Gasteiger partial charge in [-0.15, -0.1) is 0 Å². The van der Waals surface area contributed by atoms with E-state index in [-0.39, 0.29) is 18.1 Å². The van der Waals surface area contributed by atoms with Crippen LogP contribution in [0.15, 0.2) is 0 Å². The van der Waals surface area contributed by atoms with Crippen LogP contribution in [0.4, 0.5) is 0 Å². The molecule has 0 aliphatic rings. The average Bonchev–Trinajstić information content (AvgIpc) is 2.04. The summed E-state index contributed by atoms with van der Waals surface area (Å²) in [5.41, 5.74) is 0. The molecule has 0 aliphatic carbocycles. The molecule has 12 heavy (non-hydrogen) atoms. The highest BCUT2D eigenvalue weighted by molar-refractivity contribution is 7.99. The first-order valence-corrected chi connectivity index (χ1v) is 6.99. The molecule has 0 saturated heterocycles. The van der Waals surface area contributed by atoms with Gasteiger partial charge in [0.2, 0.25) is 0 Å². The van der Waals surface area contributed by atoms with E-state index >= 15 is 0 Å². The zero-order chi connectivity index (χ0) is 9.45. The molecule has 0 aliphatic heterocycles. The molecule has 0 heterocycles. The van der Waals surface area contributed by atoms with Gasteiger partial charge < -0.3 is 5.11 Å². The standard InChI is InChI=1S/C7H16O3S2/c1-2-12(9,10)7-3-5-11-6-4-8/h8H,2-7H2,1H3. The zero-order valence-corrected chi connectivity index (χ0v) is 8.96. The third kappa shape index (κ3) is 6.94. The lowest BCUT2D eigenvalue weighted by atomic mass is 10.6. The Bertz CT molecular complexity index is 187. The van der Waals surface area contributed by atoms with Gasteiger partial charge in [-0.3, -0.25) is 0 Å². The second-order valence-corrected chi connectivity index (χ2v) is 6.12. The zero-order valence-electron chi connectivity index (χ0n) is 7.32. The molecule has 1 N–H and O–H groups in total. The van der Waals surface area contributed by atoms with Crippen molar-refractivity contribution in [2.75, 3.05) is 29.6 Å². The van der Waals surface area contributed by atoms with E-state index in [1.807, 2.05) is 0 Å². The molecule has 0 aromatic carbocycles. The maximum atomic E-state index is 11.0. The topological polar surface area (TPSA) is 54.4 Å². The molecule has 0 saturated carbocycles. The molecule has 0 aromatic heterocycles. The number of thioether (sulfide) groups is 1. The van der Waals surface area contributed by atoms with Crippen LogP contribution in [-0.2, 0) is 9.84 Å². The first kappa shape index (κ1) is 12.3. The van der Waals surface area contributed by atoms with Gasteiger partial charge in [0.15, 0.2) is 0 Å². The lowest BCUT2D eigenvalue weighted by molar-refractivity contribution is 0.322. The number of aliphatic hydroxyl groups is 1. The molecule has 0 fully saturated rings. The minimum atomic E-state index is -2.78. The number of sulfone groups is 1. The van der Waals surface area contributed by atoms with Gasteiger partial charge in [-0.2, -0.15) is 11.8 Å². The Balaban J connectivity index is 3.32. The molecule has 0 unspecified atom stereocenters. The van der Waals surface area contributed by atoms with E-state index in [0.717, 1.165) is 5.75 Å². The summed E-state index contributed by atoms with van der Waals surface area (Å²) >= 11 is 1.59. The highest BCUT2D eigenvalue weighted by Gasteiger charge is 2.05. The van der Waals surface area contributed by atoms with E-state index in [1.165, 1.54) is 0 Å². The molecule has 0 aromatic rings. The van der Waals surface area contributed by atoms with Gasteiger partial charge >= 0.3 is 0 Å². The second-order valence-electron chi connectivity index (χ2n) is 2.43. The van der Waals surface area contributed by atoms with Crippen LogP contribution in [0.25, 0.3) is 0 Å². The molecular formula is C7H16O3S2. The number of rotatable bonds is 7. The highest BCUT2D eigenvalue weighted by Crippen LogP contribution is 2.03.